The van der Waals surface area contributed by atoms with E-state index in [2.05, 4.69) is 5.32 Å². The van der Waals surface area contributed by atoms with Gasteiger partial charge in [-0.15, -0.1) is 11.6 Å². The van der Waals surface area contributed by atoms with Gasteiger partial charge in [0.2, 0.25) is 5.91 Å². The van der Waals surface area contributed by atoms with E-state index in [0.29, 0.717) is 11.8 Å². The lowest BCUT2D eigenvalue weighted by Gasteiger charge is -2.22. The second kappa shape index (κ2) is 5.71. The van der Waals surface area contributed by atoms with E-state index in [1.807, 2.05) is 4.90 Å². The summed E-state index contributed by atoms with van der Waals surface area (Å²) in [7, 11) is 0. The van der Waals surface area contributed by atoms with Crippen molar-refractivity contribution in [2.75, 3.05) is 19.0 Å². The molecular weight excluding hydrogens is 240 g/mol. The number of carbonyl (C=O) groups excluding carboxylic acids is 2. The molecule has 0 heterocycles. The minimum atomic E-state index is -0.276. The van der Waals surface area contributed by atoms with E-state index in [-0.39, 0.29) is 24.2 Å². The third-order valence-corrected chi connectivity index (χ3v) is 3.40. The molecule has 17 heavy (non-hydrogen) atoms. The number of halogens is 1. The molecule has 0 bridgehead atoms. The molecule has 3 amide bonds. The van der Waals surface area contributed by atoms with Gasteiger partial charge in [-0.2, -0.15) is 0 Å². The summed E-state index contributed by atoms with van der Waals surface area (Å²) < 4.78 is 0. The molecule has 2 rings (SSSR count). The van der Waals surface area contributed by atoms with E-state index in [0.717, 1.165) is 13.1 Å². The van der Waals surface area contributed by atoms with E-state index in [1.165, 1.54) is 25.7 Å². The van der Waals surface area contributed by atoms with Crippen LogP contribution in [0.15, 0.2) is 0 Å². The fourth-order valence-corrected chi connectivity index (χ4v) is 1.98. The highest BCUT2D eigenvalue weighted by molar-refractivity contribution is 6.19. The van der Waals surface area contributed by atoms with Crippen molar-refractivity contribution < 1.29 is 9.59 Å². The zero-order chi connectivity index (χ0) is 12.3. The number of nitrogens with one attached hydrogen (secondary N) is 1. The Hall–Kier alpha value is -0.770. The van der Waals surface area contributed by atoms with Crippen LogP contribution in [0, 0.1) is 11.8 Å². The number of urea groups is 1. The van der Waals surface area contributed by atoms with E-state index in [4.69, 9.17) is 11.6 Å². The highest BCUT2D eigenvalue weighted by Crippen LogP contribution is 2.33. The van der Waals surface area contributed by atoms with Gasteiger partial charge in [0.25, 0.3) is 0 Å². The maximum Gasteiger partial charge on any atom is 0.324 e. The summed E-state index contributed by atoms with van der Waals surface area (Å²) >= 11 is 5.46. The summed E-state index contributed by atoms with van der Waals surface area (Å²) in [5, 5.41) is 2.41. The summed E-state index contributed by atoms with van der Waals surface area (Å²) in [6.45, 7) is 1.60. The molecule has 1 N–H and O–H groups in total. The maximum atomic E-state index is 11.9. The molecular formula is C12H19ClN2O2. The van der Waals surface area contributed by atoms with Gasteiger partial charge < -0.3 is 4.90 Å². The van der Waals surface area contributed by atoms with Crippen LogP contribution < -0.4 is 5.32 Å². The van der Waals surface area contributed by atoms with Crippen molar-refractivity contribution in [3.63, 3.8) is 0 Å². The summed E-state index contributed by atoms with van der Waals surface area (Å²) in [5.74, 6) is 1.29. The van der Waals surface area contributed by atoms with Crippen LogP contribution in [-0.4, -0.2) is 35.8 Å². The predicted octanol–water partition coefficient (Wildman–Crippen LogP) is 1.97. The molecule has 0 aromatic heterocycles. The van der Waals surface area contributed by atoms with Crippen molar-refractivity contribution in [3.8, 4) is 0 Å². The molecule has 4 nitrogen and oxygen atoms in total. The Balaban J connectivity index is 1.79. The van der Waals surface area contributed by atoms with Crippen LogP contribution in [0.2, 0.25) is 0 Å². The van der Waals surface area contributed by atoms with Crippen LogP contribution >= 0.6 is 11.6 Å². The van der Waals surface area contributed by atoms with Gasteiger partial charge in [0.15, 0.2) is 0 Å². The van der Waals surface area contributed by atoms with Crippen LogP contribution in [0.25, 0.3) is 0 Å². The first-order chi connectivity index (χ1) is 8.19. The molecule has 0 aliphatic heterocycles. The standard InChI is InChI=1S/C12H19ClN2O2/c13-6-5-11(16)14-12(17)15(7-9-1-2-9)8-10-3-4-10/h9-10H,1-8H2,(H,14,16,17). The first-order valence-electron chi connectivity index (χ1n) is 6.33. The maximum absolute atomic E-state index is 11.9. The average molecular weight is 259 g/mol. The van der Waals surface area contributed by atoms with Crippen LogP contribution in [0.5, 0.6) is 0 Å². The number of imide groups is 1. The third-order valence-electron chi connectivity index (χ3n) is 3.21. The molecule has 2 aliphatic rings. The van der Waals surface area contributed by atoms with Gasteiger partial charge in [0, 0.05) is 25.4 Å². The second-order valence-corrected chi connectivity index (χ2v) is 5.46. The minimum absolute atomic E-state index is 0.202. The van der Waals surface area contributed by atoms with Gasteiger partial charge in [0.05, 0.1) is 0 Å². The van der Waals surface area contributed by atoms with Crippen molar-refractivity contribution in [3.05, 3.63) is 0 Å². The molecule has 0 radical (unpaired) electrons. The van der Waals surface area contributed by atoms with E-state index >= 15 is 0 Å². The summed E-state index contributed by atoms with van der Waals surface area (Å²) in [6, 6.07) is -0.237. The number of nitrogens with zero attached hydrogens (tertiary/aromatic N) is 1. The Labute approximate surface area is 107 Å². The van der Waals surface area contributed by atoms with Gasteiger partial charge in [-0.3, -0.25) is 10.1 Å². The lowest BCUT2D eigenvalue weighted by Crippen LogP contribution is -2.44. The normalized spacial score (nSPS) is 18.9. The highest BCUT2D eigenvalue weighted by Gasteiger charge is 2.31. The first-order valence-corrected chi connectivity index (χ1v) is 6.87. The largest absolute Gasteiger partial charge is 0.324 e. The first kappa shape index (κ1) is 12.7. The molecule has 0 saturated heterocycles. The molecule has 0 aromatic carbocycles. The number of hydrogen-bond donors (Lipinski definition) is 1. The second-order valence-electron chi connectivity index (χ2n) is 5.08. The number of amides is 3. The van der Waals surface area contributed by atoms with Gasteiger partial charge in [-0.05, 0) is 37.5 Å². The molecule has 2 aliphatic carbocycles. The monoisotopic (exact) mass is 258 g/mol. The van der Waals surface area contributed by atoms with E-state index in [9.17, 15) is 9.59 Å². The Bertz CT molecular complexity index is 287. The van der Waals surface area contributed by atoms with E-state index in [1.54, 1.807) is 0 Å². The zero-order valence-electron chi connectivity index (χ0n) is 9.95. The van der Waals surface area contributed by atoms with Crippen molar-refractivity contribution >= 4 is 23.5 Å². The Kier molecular flexibility index (Phi) is 4.26. The van der Waals surface area contributed by atoms with Crippen LogP contribution in [0.4, 0.5) is 4.79 Å². The van der Waals surface area contributed by atoms with Crippen molar-refractivity contribution in [1.82, 2.24) is 10.2 Å². The molecule has 0 atom stereocenters. The Morgan fingerprint density at radius 1 is 1.12 bits per heavy atom. The Morgan fingerprint density at radius 2 is 1.65 bits per heavy atom. The summed E-state index contributed by atoms with van der Waals surface area (Å²) in [6.07, 6.45) is 5.05. The van der Waals surface area contributed by atoms with Crippen LogP contribution in [0.3, 0.4) is 0 Å². The Morgan fingerprint density at radius 3 is 2.06 bits per heavy atom. The molecule has 0 spiro atoms. The molecule has 96 valence electrons. The number of hydrogen-bond acceptors (Lipinski definition) is 2. The van der Waals surface area contributed by atoms with E-state index < -0.39 is 0 Å². The fourth-order valence-electron chi connectivity index (χ4n) is 1.81. The number of rotatable bonds is 6. The predicted molar refractivity (Wildman–Crippen MR) is 65.9 cm³/mol. The van der Waals surface area contributed by atoms with Gasteiger partial charge in [0.1, 0.15) is 0 Å². The van der Waals surface area contributed by atoms with Gasteiger partial charge in [-0.1, -0.05) is 0 Å². The molecule has 2 fully saturated rings. The third kappa shape index (κ3) is 4.54. The number of carbonyl (C=O) groups is 2. The van der Waals surface area contributed by atoms with Gasteiger partial charge >= 0.3 is 6.03 Å². The van der Waals surface area contributed by atoms with Crippen molar-refractivity contribution in [1.29, 1.82) is 0 Å². The van der Waals surface area contributed by atoms with Crippen LogP contribution in [-0.2, 0) is 4.79 Å². The smallest absolute Gasteiger partial charge is 0.324 e. The van der Waals surface area contributed by atoms with Crippen LogP contribution in [0.1, 0.15) is 32.1 Å². The lowest BCUT2D eigenvalue weighted by molar-refractivity contribution is -0.119. The van der Waals surface area contributed by atoms with Crippen molar-refractivity contribution in [2.24, 2.45) is 11.8 Å². The molecule has 0 unspecified atom stereocenters. The van der Waals surface area contributed by atoms with Crippen molar-refractivity contribution in [2.45, 2.75) is 32.1 Å². The average Bonchev–Trinajstić information content (AvgIpc) is 3.11. The fraction of sp³-hybridized carbons (Fsp3) is 0.833. The minimum Gasteiger partial charge on any atom is -0.324 e. The topological polar surface area (TPSA) is 49.4 Å². The zero-order valence-corrected chi connectivity index (χ0v) is 10.7. The molecule has 2 saturated carbocycles. The van der Waals surface area contributed by atoms with Gasteiger partial charge in [-0.25, -0.2) is 4.79 Å². The summed E-state index contributed by atoms with van der Waals surface area (Å²) in [4.78, 5) is 25.0. The lowest BCUT2D eigenvalue weighted by atomic mass is 10.3. The summed E-state index contributed by atoms with van der Waals surface area (Å²) in [5.41, 5.74) is 0. The molecule has 0 aromatic rings. The highest BCUT2D eigenvalue weighted by atomic mass is 35.5. The quantitative estimate of drug-likeness (QED) is 0.741. The SMILES string of the molecule is O=C(CCCl)NC(=O)N(CC1CC1)CC1CC1. The molecule has 5 heteroatoms. The number of alkyl halides is 1.